The quantitative estimate of drug-likeness (QED) is 0.181. The summed E-state index contributed by atoms with van der Waals surface area (Å²) in [7, 11) is -4.18. The number of sulfonamides is 1. The summed E-state index contributed by atoms with van der Waals surface area (Å²) in [6, 6.07) is 31.1. The molecule has 0 aliphatic carbocycles. The van der Waals surface area contributed by atoms with Crippen molar-refractivity contribution < 1.29 is 22.7 Å². The highest BCUT2D eigenvalue weighted by Crippen LogP contribution is 2.26. The third kappa shape index (κ3) is 8.95. The highest BCUT2D eigenvalue weighted by molar-refractivity contribution is 7.92. The molecule has 0 aromatic heterocycles. The van der Waals surface area contributed by atoms with Crippen molar-refractivity contribution in [1.82, 2.24) is 10.2 Å². The van der Waals surface area contributed by atoms with Gasteiger partial charge < -0.3 is 15.0 Å². The summed E-state index contributed by atoms with van der Waals surface area (Å²) in [4.78, 5) is 29.7. The van der Waals surface area contributed by atoms with E-state index in [1.54, 1.807) is 42.5 Å². The molecule has 0 heterocycles. The van der Waals surface area contributed by atoms with Crippen LogP contribution in [-0.4, -0.2) is 50.9 Å². The molecule has 9 heteroatoms. The molecule has 0 saturated heterocycles. The molecule has 45 heavy (non-hydrogen) atoms. The second kappa shape index (κ2) is 15.9. The molecule has 8 nitrogen and oxygen atoms in total. The molecule has 0 saturated carbocycles. The summed E-state index contributed by atoms with van der Waals surface area (Å²) in [6.45, 7) is 6.32. The second-order valence-electron chi connectivity index (χ2n) is 10.8. The maximum Gasteiger partial charge on any atom is 0.264 e. The first kappa shape index (κ1) is 33.3. The van der Waals surface area contributed by atoms with E-state index in [4.69, 9.17) is 4.74 Å². The number of carbonyl (C=O) groups is 2. The van der Waals surface area contributed by atoms with Crippen molar-refractivity contribution in [3.05, 3.63) is 126 Å². The van der Waals surface area contributed by atoms with E-state index in [9.17, 15) is 18.0 Å². The van der Waals surface area contributed by atoms with Gasteiger partial charge in [0.05, 0.1) is 17.2 Å². The lowest BCUT2D eigenvalue weighted by Crippen LogP contribution is -2.53. The predicted octanol–water partition coefficient (Wildman–Crippen LogP) is 5.76. The highest BCUT2D eigenvalue weighted by Gasteiger charge is 2.34. The zero-order valence-electron chi connectivity index (χ0n) is 26.1. The molecule has 0 radical (unpaired) electrons. The predicted molar refractivity (Wildman–Crippen MR) is 178 cm³/mol. The van der Waals surface area contributed by atoms with Gasteiger partial charge in [-0.05, 0) is 67.8 Å². The van der Waals surface area contributed by atoms with Crippen LogP contribution in [0.3, 0.4) is 0 Å². The van der Waals surface area contributed by atoms with Crippen LogP contribution in [0.1, 0.15) is 37.0 Å². The van der Waals surface area contributed by atoms with Crippen molar-refractivity contribution in [3.8, 4) is 5.75 Å². The summed E-state index contributed by atoms with van der Waals surface area (Å²) >= 11 is 0. The SMILES string of the molecule is CCCNC(=O)[C@H](Cc1ccccc1)N(Cc1ccc(C)cc1)C(=O)CN(c1ccccc1)S(=O)(=O)c1ccc(OCC)cc1. The van der Waals surface area contributed by atoms with Crippen molar-refractivity contribution in [1.29, 1.82) is 0 Å². The van der Waals surface area contributed by atoms with Gasteiger partial charge in [-0.2, -0.15) is 0 Å². The van der Waals surface area contributed by atoms with Crippen LogP contribution in [0.2, 0.25) is 0 Å². The number of rotatable bonds is 15. The first-order chi connectivity index (χ1) is 21.7. The van der Waals surface area contributed by atoms with E-state index < -0.39 is 28.5 Å². The van der Waals surface area contributed by atoms with E-state index in [-0.39, 0.29) is 23.8 Å². The third-order valence-corrected chi connectivity index (χ3v) is 9.13. The van der Waals surface area contributed by atoms with E-state index in [2.05, 4.69) is 5.32 Å². The van der Waals surface area contributed by atoms with Crippen molar-refractivity contribution in [2.24, 2.45) is 0 Å². The van der Waals surface area contributed by atoms with Crippen molar-refractivity contribution in [2.45, 2.75) is 51.1 Å². The zero-order chi connectivity index (χ0) is 32.2. The van der Waals surface area contributed by atoms with E-state index in [0.717, 1.165) is 27.4 Å². The smallest absolute Gasteiger partial charge is 0.264 e. The van der Waals surface area contributed by atoms with Crippen LogP contribution < -0.4 is 14.4 Å². The number of hydrogen-bond donors (Lipinski definition) is 1. The van der Waals surface area contributed by atoms with Crippen LogP contribution in [0, 0.1) is 6.92 Å². The summed E-state index contributed by atoms with van der Waals surface area (Å²) in [6.07, 6.45) is 1.00. The number of carbonyl (C=O) groups excluding carboxylic acids is 2. The Bertz CT molecular complexity index is 1630. The van der Waals surface area contributed by atoms with Gasteiger partial charge in [0, 0.05) is 19.5 Å². The minimum Gasteiger partial charge on any atom is -0.494 e. The maximum absolute atomic E-state index is 14.4. The molecule has 4 aromatic rings. The molecular formula is C36H41N3O5S. The van der Waals surface area contributed by atoms with Gasteiger partial charge in [0.15, 0.2) is 0 Å². The molecular weight excluding hydrogens is 586 g/mol. The Morgan fingerprint density at radius 3 is 2.02 bits per heavy atom. The number of nitrogens with one attached hydrogen (secondary N) is 1. The van der Waals surface area contributed by atoms with Crippen molar-refractivity contribution in [3.63, 3.8) is 0 Å². The fourth-order valence-electron chi connectivity index (χ4n) is 4.93. The van der Waals surface area contributed by atoms with E-state index in [0.29, 0.717) is 24.6 Å². The first-order valence-corrected chi connectivity index (χ1v) is 16.6. The van der Waals surface area contributed by atoms with Gasteiger partial charge in [-0.3, -0.25) is 13.9 Å². The number of amides is 2. The molecule has 0 unspecified atom stereocenters. The molecule has 0 spiro atoms. The average Bonchev–Trinajstić information content (AvgIpc) is 3.06. The average molecular weight is 628 g/mol. The summed E-state index contributed by atoms with van der Waals surface area (Å²) in [5.41, 5.74) is 3.12. The van der Waals surface area contributed by atoms with Crippen LogP contribution >= 0.6 is 0 Å². The minimum absolute atomic E-state index is 0.0224. The Kier molecular flexibility index (Phi) is 11.8. The minimum atomic E-state index is -4.18. The largest absolute Gasteiger partial charge is 0.494 e. The Labute approximate surface area is 266 Å². The summed E-state index contributed by atoms with van der Waals surface area (Å²) in [5.74, 6) is -0.242. The molecule has 0 aliphatic heterocycles. The van der Waals surface area contributed by atoms with Crippen LogP contribution in [0.25, 0.3) is 0 Å². The number of hydrogen-bond acceptors (Lipinski definition) is 5. The lowest BCUT2D eigenvalue weighted by Gasteiger charge is -2.34. The fourth-order valence-corrected chi connectivity index (χ4v) is 6.35. The van der Waals surface area contributed by atoms with Gasteiger partial charge in [0.25, 0.3) is 10.0 Å². The normalized spacial score (nSPS) is 11.8. The Morgan fingerprint density at radius 2 is 1.42 bits per heavy atom. The topological polar surface area (TPSA) is 96.0 Å². The molecule has 0 bridgehead atoms. The Balaban J connectivity index is 1.76. The zero-order valence-corrected chi connectivity index (χ0v) is 26.9. The van der Waals surface area contributed by atoms with Gasteiger partial charge in [0.2, 0.25) is 11.8 Å². The highest BCUT2D eigenvalue weighted by atomic mass is 32.2. The van der Waals surface area contributed by atoms with Gasteiger partial charge in [-0.1, -0.05) is 85.3 Å². The number of aryl methyl sites for hydroxylation is 1. The number of para-hydroxylation sites is 1. The van der Waals surface area contributed by atoms with Gasteiger partial charge in [-0.15, -0.1) is 0 Å². The monoisotopic (exact) mass is 627 g/mol. The maximum atomic E-state index is 14.4. The Hall–Kier alpha value is -4.63. The third-order valence-electron chi connectivity index (χ3n) is 7.34. The van der Waals surface area contributed by atoms with E-state index >= 15 is 0 Å². The van der Waals surface area contributed by atoms with Gasteiger partial charge >= 0.3 is 0 Å². The first-order valence-electron chi connectivity index (χ1n) is 15.2. The number of ether oxygens (including phenoxy) is 1. The molecule has 0 fully saturated rings. The van der Waals surface area contributed by atoms with E-state index in [1.165, 1.54) is 17.0 Å². The van der Waals surface area contributed by atoms with Crippen LogP contribution in [0.4, 0.5) is 5.69 Å². The van der Waals surface area contributed by atoms with Crippen molar-refractivity contribution >= 4 is 27.5 Å². The lowest BCUT2D eigenvalue weighted by molar-refractivity contribution is -0.140. The van der Waals surface area contributed by atoms with Crippen LogP contribution in [0.5, 0.6) is 5.75 Å². The summed E-state index contributed by atoms with van der Waals surface area (Å²) < 4.78 is 34.9. The lowest BCUT2D eigenvalue weighted by atomic mass is 10.0. The fraction of sp³-hybridized carbons (Fsp3) is 0.278. The standard InChI is InChI=1S/C36H41N3O5S/c1-4-24-37-36(41)34(25-29-12-8-6-9-13-29)38(26-30-18-16-28(3)17-19-30)35(40)27-39(31-14-10-7-11-15-31)45(42,43)33-22-20-32(21-23-33)44-5-2/h6-23,34H,4-5,24-27H2,1-3H3,(H,37,41)/t34-/m0/s1. The Morgan fingerprint density at radius 1 is 0.800 bits per heavy atom. The molecule has 0 aliphatic rings. The number of benzene rings is 4. The number of nitrogens with zero attached hydrogens (tertiary/aromatic N) is 2. The second-order valence-corrected chi connectivity index (χ2v) is 12.6. The number of anilines is 1. The van der Waals surface area contributed by atoms with Gasteiger partial charge in [0.1, 0.15) is 18.3 Å². The molecule has 1 N–H and O–H groups in total. The molecule has 1 atom stereocenters. The molecule has 236 valence electrons. The van der Waals surface area contributed by atoms with Crippen molar-refractivity contribution in [2.75, 3.05) is 24.0 Å². The van der Waals surface area contributed by atoms with Crippen LogP contribution in [-0.2, 0) is 32.6 Å². The van der Waals surface area contributed by atoms with Crippen LogP contribution in [0.15, 0.2) is 114 Å². The molecule has 2 amide bonds. The van der Waals surface area contributed by atoms with E-state index in [1.807, 2.05) is 75.4 Å². The molecule has 4 aromatic carbocycles. The summed E-state index contributed by atoms with van der Waals surface area (Å²) in [5, 5.41) is 2.96. The molecule has 4 rings (SSSR count). The van der Waals surface area contributed by atoms with Gasteiger partial charge in [-0.25, -0.2) is 8.42 Å².